The smallest absolute Gasteiger partial charge is 0.343 e. The minimum Gasteiger partial charge on any atom is -0.497 e. The van der Waals surface area contributed by atoms with Gasteiger partial charge in [-0.3, -0.25) is 4.79 Å². The van der Waals surface area contributed by atoms with Crippen LogP contribution >= 0.6 is 0 Å². The zero-order valence-corrected chi connectivity index (χ0v) is 19.5. The minimum atomic E-state index is -1.48. The molecule has 0 bridgehead atoms. The Bertz CT molecular complexity index is 1790. The van der Waals surface area contributed by atoms with Crippen LogP contribution in [0.5, 0.6) is 5.75 Å². The molecule has 5 aromatic rings. The summed E-state index contributed by atoms with van der Waals surface area (Å²) < 4.78 is 13.1. The molecule has 1 spiro atoms. The SMILES string of the molecule is COc1ccc2c(c1)[C@]1(C(=O)N2)c2c(C)nn(-c3ccccc3)c2Nc2c1c(=O)oc1ccccc21. The Morgan fingerprint density at radius 1 is 0.944 bits per heavy atom. The number of ether oxygens (including phenoxy) is 1. The fourth-order valence-corrected chi connectivity index (χ4v) is 5.62. The van der Waals surface area contributed by atoms with E-state index in [-0.39, 0.29) is 11.5 Å². The van der Waals surface area contributed by atoms with Crippen molar-refractivity contribution in [1.29, 1.82) is 0 Å². The first kappa shape index (κ1) is 20.5. The summed E-state index contributed by atoms with van der Waals surface area (Å²) >= 11 is 0. The molecule has 176 valence electrons. The number of carbonyl (C=O) groups excluding carboxylic acids is 1. The zero-order chi connectivity index (χ0) is 24.6. The monoisotopic (exact) mass is 476 g/mol. The Labute approximate surface area is 205 Å². The van der Waals surface area contributed by atoms with Crippen LogP contribution in [0, 0.1) is 6.92 Å². The summed E-state index contributed by atoms with van der Waals surface area (Å²) in [5, 5.41) is 12.0. The van der Waals surface area contributed by atoms with Crippen LogP contribution in [0.4, 0.5) is 17.2 Å². The molecule has 8 heteroatoms. The van der Waals surface area contributed by atoms with Gasteiger partial charge in [-0.1, -0.05) is 30.3 Å². The number of anilines is 3. The molecule has 0 radical (unpaired) electrons. The lowest BCUT2D eigenvalue weighted by Crippen LogP contribution is -2.44. The minimum absolute atomic E-state index is 0.230. The van der Waals surface area contributed by atoms with E-state index in [1.54, 1.807) is 36.1 Å². The van der Waals surface area contributed by atoms with Gasteiger partial charge < -0.3 is 19.8 Å². The number of benzene rings is 3. The van der Waals surface area contributed by atoms with E-state index in [0.717, 1.165) is 5.69 Å². The quantitative estimate of drug-likeness (QED) is 0.360. The molecule has 2 aliphatic heterocycles. The molecule has 2 aliphatic rings. The van der Waals surface area contributed by atoms with Crippen molar-refractivity contribution in [3.8, 4) is 11.4 Å². The third kappa shape index (κ3) is 2.45. The summed E-state index contributed by atoms with van der Waals surface area (Å²) in [6.45, 7) is 1.85. The first-order chi connectivity index (χ1) is 17.5. The number of hydrogen-bond acceptors (Lipinski definition) is 6. The number of aromatic nitrogens is 2. The second-order valence-corrected chi connectivity index (χ2v) is 8.93. The van der Waals surface area contributed by atoms with Crippen molar-refractivity contribution in [2.24, 2.45) is 0 Å². The van der Waals surface area contributed by atoms with Crippen LogP contribution in [-0.2, 0) is 10.2 Å². The Balaban J connectivity index is 1.68. The van der Waals surface area contributed by atoms with Gasteiger partial charge in [0.25, 0.3) is 0 Å². The van der Waals surface area contributed by atoms with Gasteiger partial charge in [0.05, 0.1) is 29.7 Å². The molecular weight excluding hydrogens is 456 g/mol. The Hall–Kier alpha value is -4.85. The molecular formula is C28H20N4O4. The molecule has 7 rings (SSSR count). The van der Waals surface area contributed by atoms with Gasteiger partial charge in [-0.15, -0.1) is 0 Å². The number of aryl methyl sites for hydroxylation is 1. The maximum atomic E-state index is 14.1. The summed E-state index contributed by atoms with van der Waals surface area (Å²) in [5.41, 5.74) is 2.39. The molecule has 0 unspecified atom stereocenters. The standard InChI is InChI=1S/C28H20N4O4/c1-15-22-25(32(31-15)16-8-4-3-5-9-16)30-24-18-10-6-7-11-21(18)36-26(33)23(24)28(22)19-14-17(35-2)12-13-20(19)29-27(28)34/h3-14,30H,1-2H3,(H,29,34)/t28-/m0/s1. The number of nitrogens with zero attached hydrogens (tertiary/aromatic N) is 2. The van der Waals surface area contributed by atoms with E-state index in [9.17, 15) is 9.59 Å². The molecule has 8 nitrogen and oxygen atoms in total. The lowest BCUT2D eigenvalue weighted by molar-refractivity contribution is -0.118. The topological polar surface area (TPSA) is 98.4 Å². The Morgan fingerprint density at radius 2 is 1.72 bits per heavy atom. The normalized spacial score (nSPS) is 17.3. The number of nitrogens with one attached hydrogen (secondary N) is 2. The van der Waals surface area contributed by atoms with E-state index in [1.807, 2.05) is 55.5 Å². The summed E-state index contributed by atoms with van der Waals surface area (Å²) in [6.07, 6.45) is 0. The maximum Gasteiger partial charge on any atom is 0.343 e. The van der Waals surface area contributed by atoms with E-state index < -0.39 is 11.0 Å². The molecule has 0 fully saturated rings. The molecule has 0 saturated carbocycles. The molecule has 3 aromatic carbocycles. The third-order valence-corrected chi connectivity index (χ3v) is 7.09. The average molecular weight is 476 g/mol. The van der Waals surface area contributed by atoms with Gasteiger partial charge in [-0.2, -0.15) is 5.10 Å². The molecule has 0 aliphatic carbocycles. The first-order valence-corrected chi connectivity index (χ1v) is 11.5. The van der Waals surface area contributed by atoms with Crippen LogP contribution in [0.1, 0.15) is 22.4 Å². The number of fused-ring (bicyclic) bond motifs is 8. The van der Waals surface area contributed by atoms with E-state index >= 15 is 0 Å². The molecule has 2 aromatic heterocycles. The lowest BCUT2D eigenvalue weighted by Gasteiger charge is -2.34. The Kier molecular flexibility index (Phi) is 4.04. The third-order valence-electron chi connectivity index (χ3n) is 7.09. The number of carbonyl (C=O) groups is 1. The van der Waals surface area contributed by atoms with Gasteiger partial charge in [0.1, 0.15) is 22.6 Å². The summed E-state index contributed by atoms with van der Waals surface area (Å²) in [4.78, 5) is 27.8. The maximum absolute atomic E-state index is 14.1. The van der Waals surface area contributed by atoms with Crippen molar-refractivity contribution in [3.63, 3.8) is 0 Å². The van der Waals surface area contributed by atoms with Gasteiger partial charge in [-0.05, 0) is 49.4 Å². The number of amides is 1. The largest absolute Gasteiger partial charge is 0.497 e. The van der Waals surface area contributed by atoms with Crippen molar-refractivity contribution < 1.29 is 13.9 Å². The molecule has 0 saturated heterocycles. The van der Waals surface area contributed by atoms with Gasteiger partial charge in [0.2, 0.25) is 5.91 Å². The number of para-hydroxylation sites is 2. The summed E-state index contributed by atoms with van der Waals surface area (Å²) in [5.74, 6) is 0.852. The van der Waals surface area contributed by atoms with E-state index in [0.29, 0.717) is 50.7 Å². The summed E-state index contributed by atoms with van der Waals surface area (Å²) in [6, 6.07) is 22.4. The van der Waals surface area contributed by atoms with Crippen molar-refractivity contribution in [3.05, 3.63) is 106 Å². The van der Waals surface area contributed by atoms with Crippen LogP contribution in [0.2, 0.25) is 0 Å². The van der Waals surface area contributed by atoms with Crippen molar-refractivity contribution in [2.75, 3.05) is 17.7 Å². The number of methoxy groups -OCH3 is 1. The van der Waals surface area contributed by atoms with Crippen LogP contribution < -0.4 is 21.0 Å². The molecule has 1 amide bonds. The highest BCUT2D eigenvalue weighted by Crippen LogP contribution is 2.56. The van der Waals surface area contributed by atoms with Crippen molar-refractivity contribution in [1.82, 2.24) is 9.78 Å². The number of rotatable bonds is 2. The van der Waals surface area contributed by atoms with E-state index in [2.05, 4.69) is 10.6 Å². The highest BCUT2D eigenvalue weighted by atomic mass is 16.5. The van der Waals surface area contributed by atoms with Crippen LogP contribution in [0.25, 0.3) is 16.7 Å². The predicted molar refractivity (Wildman–Crippen MR) is 136 cm³/mol. The molecule has 36 heavy (non-hydrogen) atoms. The van der Waals surface area contributed by atoms with Crippen molar-refractivity contribution in [2.45, 2.75) is 12.3 Å². The highest BCUT2D eigenvalue weighted by molar-refractivity contribution is 6.15. The second-order valence-electron chi connectivity index (χ2n) is 8.93. The van der Waals surface area contributed by atoms with Crippen LogP contribution in [0.3, 0.4) is 0 Å². The van der Waals surface area contributed by atoms with Gasteiger partial charge in [0.15, 0.2) is 0 Å². The fourth-order valence-electron chi connectivity index (χ4n) is 5.62. The summed E-state index contributed by atoms with van der Waals surface area (Å²) in [7, 11) is 1.57. The highest BCUT2D eigenvalue weighted by Gasteiger charge is 2.58. The van der Waals surface area contributed by atoms with Crippen LogP contribution in [-0.4, -0.2) is 22.8 Å². The molecule has 1 atom stereocenters. The van der Waals surface area contributed by atoms with Gasteiger partial charge in [-0.25, -0.2) is 9.48 Å². The van der Waals surface area contributed by atoms with E-state index in [4.69, 9.17) is 14.3 Å². The van der Waals surface area contributed by atoms with Gasteiger partial charge in [0, 0.05) is 22.2 Å². The average Bonchev–Trinajstić information content (AvgIpc) is 3.38. The Morgan fingerprint density at radius 3 is 2.53 bits per heavy atom. The zero-order valence-electron chi connectivity index (χ0n) is 19.5. The van der Waals surface area contributed by atoms with Crippen LogP contribution in [0.15, 0.2) is 82.0 Å². The fraction of sp³-hybridized carbons (Fsp3) is 0.107. The number of hydrogen-bond donors (Lipinski definition) is 2. The predicted octanol–water partition coefficient (Wildman–Crippen LogP) is 4.64. The van der Waals surface area contributed by atoms with E-state index in [1.165, 1.54) is 0 Å². The first-order valence-electron chi connectivity index (χ1n) is 11.5. The van der Waals surface area contributed by atoms with Crippen molar-refractivity contribution >= 4 is 34.1 Å². The second kappa shape index (κ2) is 7.08. The van der Waals surface area contributed by atoms with Gasteiger partial charge >= 0.3 is 5.63 Å². The molecule has 2 N–H and O–H groups in total. The molecule has 4 heterocycles. The lowest BCUT2D eigenvalue weighted by atomic mass is 9.68.